The average Bonchev–Trinajstić information content (AvgIpc) is 3.62. The molecule has 0 spiro atoms. The molecule has 0 heterocycles. The molecular weight excluding hydrogens is 422 g/mol. The minimum Gasteiger partial charge on any atom is -0.491 e. The summed E-state index contributed by atoms with van der Waals surface area (Å²) < 4.78 is 11.1. The van der Waals surface area contributed by atoms with Crippen LogP contribution in [0.1, 0.15) is 87.2 Å². The van der Waals surface area contributed by atoms with E-state index in [1.807, 2.05) is 24.3 Å². The lowest BCUT2D eigenvalue weighted by molar-refractivity contribution is -0.139. The van der Waals surface area contributed by atoms with Gasteiger partial charge in [0.15, 0.2) is 0 Å². The zero-order chi connectivity index (χ0) is 24.3. The topological polar surface area (TPSA) is 47.6 Å². The summed E-state index contributed by atoms with van der Waals surface area (Å²) in [5.74, 6) is 8.23. The molecule has 1 saturated carbocycles. The van der Waals surface area contributed by atoms with Gasteiger partial charge in [0.05, 0.1) is 19.6 Å². The lowest BCUT2D eigenvalue weighted by Gasteiger charge is -2.39. The second kappa shape index (κ2) is 10.2. The number of esters is 1. The highest BCUT2D eigenvalue weighted by Gasteiger charge is 2.36. The van der Waals surface area contributed by atoms with Crippen LogP contribution in [0.15, 0.2) is 36.4 Å². The number of nitrogens with one attached hydrogen (secondary N) is 1. The van der Waals surface area contributed by atoms with E-state index in [-0.39, 0.29) is 23.9 Å². The monoisotopic (exact) mass is 459 g/mol. The van der Waals surface area contributed by atoms with Gasteiger partial charge in [0.25, 0.3) is 0 Å². The van der Waals surface area contributed by atoms with Crippen molar-refractivity contribution in [3.63, 3.8) is 0 Å². The quantitative estimate of drug-likeness (QED) is 0.426. The summed E-state index contributed by atoms with van der Waals surface area (Å²) in [4.78, 5) is 11.5. The molecule has 0 saturated heterocycles. The first-order valence-corrected chi connectivity index (χ1v) is 12.5. The molecule has 4 heteroatoms. The van der Waals surface area contributed by atoms with E-state index in [4.69, 9.17) is 9.47 Å². The predicted molar refractivity (Wildman–Crippen MR) is 136 cm³/mol. The number of methoxy groups -OCH3 is 1. The highest BCUT2D eigenvalue weighted by Crippen LogP contribution is 2.46. The van der Waals surface area contributed by atoms with Crippen LogP contribution in [-0.2, 0) is 21.4 Å². The van der Waals surface area contributed by atoms with Crippen molar-refractivity contribution >= 4 is 5.97 Å². The number of fused-ring (bicyclic) bond motifs is 1. The van der Waals surface area contributed by atoms with Crippen LogP contribution < -0.4 is 10.1 Å². The van der Waals surface area contributed by atoms with Gasteiger partial charge in [-0.3, -0.25) is 4.79 Å². The molecule has 0 bridgehead atoms. The Bertz CT molecular complexity index is 1080. The molecule has 1 fully saturated rings. The van der Waals surface area contributed by atoms with Crippen molar-refractivity contribution in [3.8, 4) is 17.6 Å². The summed E-state index contributed by atoms with van der Waals surface area (Å²) in [5.41, 5.74) is 5.57. The lowest BCUT2D eigenvalue weighted by atomic mass is 9.70. The van der Waals surface area contributed by atoms with E-state index >= 15 is 0 Å². The number of ether oxygens (including phenoxy) is 2. The van der Waals surface area contributed by atoms with Crippen molar-refractivity contribution in [2.75, 3.05) is 13.7 Å². The van der Waals surface area contributed by atoms with Gasteiger partial charge in [0, 0.05) is 22.7 Å². The fraction of sp³-hybridized carbons (Fsp3) is 0.500. The first-order valence-electron chi connectivity index (χ1n) is 12.5. The Morgan fingerprint density at radius 1 is 1.09 bits per heavy atom. The van der Waals surface area contributed by atoms with Crippen LogP contribution >= 0.6 is 0 Å². The Kier molecular flexibility index (Phi) is 7.33. The van der Waals surface area contributed by atoms with Gasteiger partial charge in [-0.1, -0.05) is 37.8 Å². The number of benzene rings is 2. The first kappa shape index (κ1) is 24.4. The number of hydrogen-bond donors (Lipinski definition) is 1. The summed E-state index contributed by atoms with van der Waals surface area (Å²) in [6, 6.07) is 12.5. The third kappa shape index (κ3) is 6.02. The van der Waals surface area contributed by atoms with Gasteiger partial charge in [-0.05, 0) is 92.8 Å². The fourth-order valence-corrected chi connectivity index (χ4v) is 4.68. The van der Waals surface area contributed by atoms with E-state index in [2.05, 4.69) is 57.0 Å². The standard InChI is InChI=1S/C30H37NO3/c1-20(2)34-27-17-24(13-8-21-6-9-22(10-7-21)18-28(32)33-5)16-25-29(27)26(14-15-30(25,3)4)31-19-23-11-12-23/h6-7,9-10,16-17,20,23,26,31H,11-12,14-15,18-19H2,1-5H3. The third-order valence-corrected chi connectivity index (χ3v) is 6.87. The molecule has 0 radical (unpaired) electrons. The molecule has 1 unspecified atom stereocenters. The zero-order valence-electron chi connectivity index (χ0n) is 21.2. The summed E-state index contributed by atoms with van der Waals surface area (Å²) in [7, 11) is 1.41. The Labute approximate surface area is 204 Å². The Morgan fingerprint density at radius 2 is 1.79 bits per heavy atom. The molecule has 2 aliphatic rings. The molecule has 34 heavy (non-hydrogen) atoms. The van der Waals surface area contributed by atoms with E-state index in [1.54, 1.807) is 0 Å². The molecular formula is C30H37NO3. The van der Waals surface area contributed by atoms with Crippen molar-refractivity contribution in [2.45, 2.75) is 77.4 Å². The number of rotatable bonds is 7. The van der Waals surface area contributed by atoms with Crippen LogP contribution in [-0.4, -0.2) is 25.7 Å². The van der Waals surface area contributed by atoms with Crippen LogP contribution in [0.5, 0.6) is 5.75 Å². The number of carbonyl (C=O) groups excluding carboxylic acids is 1. The third-order valence-electron chi connectivity index (χ3n) is 6.87. The Morgan fingerprint density at radius 3 is 2.44 bits per heavy atom. The smallest absolute Gasteiger partial charge is 0.309 e. The van der Waals surface area contributed by atoms with E-state index in [0.29, 0.717) is 6.04 Å². The second-order valence-corrected chi connectivity index (χ2v) is 10.6. The van der Waals surface area contributed by atoms with E-state index in [0.717, 1.165) is 47.7 Å². The van der Waals surface area contributed by atoms with Crippen LogP contribution in [0.4, 0.5) is 0 Å². The number of carbonyl (C=O) groups is 1. The van der Waals surface area contributed by atoms with Gasteiger partial charge < -0.3 is 14.8 Å². The Hall–Kier alpha value is -2.77. The molecule has 2 aromatic rings. The molecule has 1 atom stereocenters. The van der Waals surface area contributed by atoms with Gasteiger partial charge in [-0.15, -0.1) is 0 Å². The molecule has 4 rings (SSSR count). The van der Waals surface area contributed by atoms with Crippen LogP contribution in [0.25, 0.3) is 0 Å². The van der Waals surface area contributed by atoms with Gasteiger partial charge >= 0.3 is 5.97 Å². The molecule has 2 aromatic carbocycles. The van der Waals surface area contributed by atoms with Gasteiger partial charge in [0.2, 0.25) is 0 Å². The second-order valence-electron chi connectivity index (χ2n) is 10.6. The van der Waals surface area contributed by atoms with E-state index in [9.17, 15) is 4.79 Å². The predicted octanol–water partition coefficient (Wildman–Crippen LogP) is 5.70. The highest BCUT2D eigenvalue weighted by molar-refractivity contribution is 5.72. The molecule has 2 aliphatic carbocycles. The maximum atomic E-state index is 11.5. The average molecular weight is 460 g/mol. The summed E-state index contributed by atoms with van der Waals surface area (Å²) in [5, 5.41) is 3.84. The van der Waals surface area contributed by atoms with Gasteiger partial charge in [-0.2, -0.15) is 0 Å². The number of hydrogen-bond acceptors (Lipinski definition) is 4. The van der Waals surface area contributed by atoms with Crippen molar-refractivity contribution < 1.29 is 14.3 Å². The first-order chi connectivity index (χ1) is 16.2. The molecule has 0 amide bonds. The highest BCUT2D eigenvalue weighted by atomic mass is 16.5. The van der Waals surface area contributed by atoms with Crippen LogP contribution in [0.2, 0.25) is 0 Å². The minimum absolute atomic E-state index is 0.0788. The Balaban J connectivity index is 1.64. The van der Waals surface area contributed by atoms with Gasteiger partial charge in [0.1, 0.15) is 5.75 Å². The van der Waals surface area contributed by atoms with Crippen molar-refractivity contribution in [1.29, 1.82) is 0 Å². The summed E-state index contributed by atoms with van der Waals surface area (Å²) >= 11 is 0. The largest absolute Gasteiger partial charge is 0.491 e. The van der Waals surface area contributed by atoms with Crippen molar-refractivity contribution in [2.24, 2.45) is 5.92 Å². The molecule has 1 N–H and O–H groups in total. The molecule has 0 aliphatic heterocycles. The summed E-state index contributed by atoms with van der Waals surface area (Å²) in [6.07, 6.45) is 5.35. The molecule has 0 aromatic heterocycles. The molecule has 4 nitrogen and oxygen atoms in total. The zero-order valence-corrected chi connectivity index (χ0v) is 21.2. The van der Waals surface area contributed by atoms with Crippen LogP contribution in [0, 0.1) is 17.8 Å². The maximum Gasteiger partial charge on any atom is 0.309 e. The SMILES string of the molecule is COC(=O)Cc1ccc(C#Cc2cc(OC(C)C)c3c(c2)C(C)(C)CCC3NCC2CC2)cc1. The van der Waals surface area contributed by atoms with E-state index in [1.165, 1.54) is 31.1 Å². The van der Waals surface area contributed by atoms with Crippen LogP contribution in [0.3, 0.4) is 0 Å². The van der Waals surface area contributed by atoms with E-state index < -0.39 is 0 Å². The molecule has 180 valence electrons. The normalized spacial score (nSPS) is 18.6. The maximum absolute atomic E-state index is 11.5. The van der Waals surface area contributed by atoms with Crippen molar-refractivity contribution in [3.05, 3.63) is 64.2 Å². The summed E-state index contributed by atoms with van der Waals surface area (Å²) in [6.45, 7) is 9.93. The minimum atomic E-state index is -0.238. The fourth-order valence-electron chi connectivity index (χ4n) is 4.68. The van der Waals surface area contributed by atoms with Gasteiger partial charge in [-0.25, -0.2) is 0 Å². The lowest BCUT2D eigenvalue weighted by Crippen LogP contribution is -2.34. The van der Waals surface area contributed by atoms with Crippen molar-refractivity contribution in [1.82, 2.24) is 5.32 Å².